The molecule has 2 aromatic heterocycles. The molecule has 2 rings (SSSR count). The Kier molecular flexibility index (Phi) is 1.65. The summed E-state index contributed by atoms with van der Waals surface area (Å²) in [5, 5.41) is 7.38. The molecule has 0 atom stereocenters. The maximum atomic E-state index is 3.92. The molecule has 0 amide bonds. The van der Waals surface area contributed by atoms with Crippen LogP contribution in [0, 0.1) is 0 Å². The molecular weight excluding hydrogens is 156 g/mol. The minimum absolute atomic E-state index is 0.403. The Bertz CT molecular complexity index is 309. The van der Waals surface area contributed by atoms with Gasteiger partial charge in [0, 0.05) is 6.20 Å². The summed E-state index contributed by atoms with van der Waals surface area (Å²) in [7, 11) is 0. The lowest BCUT2D eigenvalue weighted by atomic mass is 10.5. The topological polar surface area (TPSA) is 77.3 Å². The van der Waals surface area contributed by atoms with Crippen LogP contribution in [0.4, 0.5) is 0 Å². The van der Waals surface area contributed by atoms with Crippen LogP contribution >= 0.6 is 0 Å². The normalized spacial score (nSPS) is 9.67. The lowest BCUT2D eigenvalue weighted by molar-refractivity contribution is 0.940. The molecule has 0 aliphatic carbocycles. The van der Waals surface area contributed by atoms with Gasteiger partial charge in [-0.15, -0.1) is 5.10 Å². The number of hydrogen-bond acceptors (Lipinski definition) is 6. The van der Waals surface area contributed by atoms with Crippen molar-refractivity contribution < 1.29 is 0 Å². The first kappa shape index (κ1) is 6.71. The summed E-state index contributed by atoms with van der Waals surface area (Å²) in [5.74, 6) is 0.831. The zero-order chi connectivity index (χ0) is 8.23. The van der Waals surface area contributed by atoms with Gasteiger partial charge < -0.3 is 0 Å². The smallest absolute Gasteiger partial charge is 0.219 e. The number of nitrogens with zero attached hydrogens (tertiary/aromatic N) is 6. The number of hydrogen-bond donors (Lipinski definition) is 0. The zero-order valence-electron chi connectivity index (χ0n) is 5.99. The maximum Gasteiger partial charge on any atom is 0.219 e. The van der Waals surface area contributed by atoms with Crippen LogP contribution in [0.3, 0.4) is 0 Å². The average molecular weight is 160 g/mol. The second kappa shape index (κ2) is 2.95. The quantitative estimate of drug-likeness (QED) is 0.571. The van der Waals surface area contributed by atoms with Crippen molar-refractivity contribution in [1.29, 1.82) is 0 Å². The predicted molar refractivity (Wildman–Crippen MR) is 38.6 cm³/mol. The van der Waals surface area contributed by atoms with E-state index in [9.17, 15) is 0 Å². The maximum absolute atomic E-state index is 3.92. The van der Waals surface area contributed by atoms with Gasteiger partial charge in [-0.25, -0.2) is 19.9 Å². The third-order valence-electron chi connectivity index (χ3n) is 1.18. The first-order valence-corrected chi connectivity index (χ1v) is 3.23. The molecule has 0 aliphatic heterocycles. The summed E-state index contributed by atoms with van der Waals surface area (Å²) in [6.45, 7) is 0. The molecule has 0 N–H and O–H groups in total. The molecule has 0 spiro atoms. The highest BCUT2D eigenvalue weighted by Gasteiger charge is 2.01. The highest BCUT2D eigenvalue weighted by molar-refractivity contribution is 5.39. The Balaban J connectivity index is 2.46. The molecule has 58 valence electrons. The van der Waals surface area contributed by atoms with Crippen molar-refractivity contribution in [2.45, 2.75) is 0 Å². The molecule has 12 heavy (non-hydrogen) atoms. The highest BCUT2D eigenvalue weighted by Crippen LogP contribution is 2.01. The Hall–Kier alpha value is -1.98. The molecule has 0 fully saturated rings. The van der Waals surface area contributed by atoms with Crippen molar-refractivity contribution in [3.05, 3.63) is 25.0 Å². The molecule has 0 radical (unpaired) electrons. The van der Waals surface area contributed by atoms with Gasteiger partial charge in [0.25, 0.3) is 0 Å². The van der Waals surface area contributed by atoms with Gasteiger partial charge in [0.1, 0.15) is 12.7 Å². The van der Waals surface area contributed by atoms with Crippen LogP contribution in [0.15, 0.2) is 25.0 Å². The molecule has 0 saturated heterocycles. The molecule has 0 bridgehead atoms. The van der Waals surface area contributed by atoms with Crippen molar-refractivity contribution in [3.8, 4) is 11.6 Å². The fourth-order valence-electron chi connectivity index (χ4n) is 0.705. The molecule has 0 unspecified atom stereocenters. The van der Waals surface area contributed by atoms with Gasteiger partial charge >= 0.3 is 0 Å². The Morgan fingerprint density at radius 1 is 0.833 bits per heavy atom. The molecule has 2 aromatic rings. The van der Waals surface area contributed by atoms with E-state index in [-0.39, 0.29) is 0 Å². The summed E-state index contributed by atoms with van der Waals surface area (Å²) in [6.07, 6.45) is 5.80. The summed E-state index contributed by atoms with van der Waals surface area (Å²) in [6, 6.07) is 0. The summed E-state index contributed by atoms with van der Waals surface area (Å²) < 4.78 is 0. The van der Waals surface area contributed by atoms with Crippen LogP contribution in [0.5, 0.6) is 0 Å². The third kappa shape index (κ3) is 1.22. The monoisotopic (exact) mass is 160 g/mol. The summed E-state index contributed by atoms with van der Waals surface area (Å²) in [5.41, 5.74) is 0. The SMILES string of the molecule is c1cnc(-c2ncncn2)nn1. The molecule has 0 aromatic carbocycles. The van der Waals surface area contributed by atoms with Gasteiger partial charge in [-0.05, 0) is 0 Å². The Morgan fingerprint density at radius 2 is 1.67 bits per heavy atom. The number of aromatic nitrogens is 6. The van der Waals surface area contributed by atoms with Gasteiger partial charge in [-0.1, -0.05) is 0 Å². The van der Waals surface area contributed by atoms with Gasteiger partial charge in [0.05, 0.1) is 6.20 Å². The van der Waals surface area contributed by atoms with E-state index < -0.39 is 0 Å². The fourth-order valence-corrected chi connectivity index (χ4v) is 0.705. The molecule has 2 heterocycles. The second-order valence-corrected chi connectivity index (χ2v) is 1.93. The molecule has 6 nitrogen and oxygen atoms in total. The number of rotatable bonds is 1. The molecule has 0 aliphatic rings. The Morgan fingerprint density at radius 3 is 2.33 bits per heavy atom. The van der Waals surface area contributed by atoms with E-state index in [2.05, 4.69) is 30.1 Å². The minimum Gasteiger partial charge on any atom is -0.231 e. The molecular formula is C6H4N6. The van der Waals surface area contributed by atoms with Crippen molar-refractivity contribution >= 4 is 0 Å². The van der Waals surface area contributed by atoms with E-state index >= 15 is 0 Å². The zero-order valence-corrected chi connectivity index (χ0v) is 5.99. The van der Waals surface area contributed by atoms with E-state index in [1.807, 2.05) is 0 Å². The second-order valence-electron chi connectivity index (χ2n) is 1.93. The van der Waals surface area contributed by atoms with Crippen LogP contribution in [-0.2, 0) is 0 Å². The van der Waals surface area contributed by atoms with Gasteiger partial charge in [-0.3, -0.25) is 0 Å². The largest absolute Gasteiger partial charge is 0.231 e. The van der Waals surface area contributed by atoms with Crippen molar-refractivity contribution in [3.63, 3.8) is 0 Å². The molecule has 6 heteroatoms. The van der Waals surface area contributed by atoms with E-state index in [0.717, 1.165) is 0 Å². The highest BCUT2D eigenvalue weighted by atomic mass is 15.2. The van der Waals surface area contributed by atoms with Crippen LogP contribution < -0.4 is 0 Å². The van der Waals surface area contributed by atoms with Gasteiger partial charge in [0.15, 0.2) is 0 Å². The Labute approximate surface area is 67.8 Å². The van der Waals surface area contributed by atoms with Gasteiger partial charge in [0.2, 0.25) is 11.6 Å². The van der Waals surface area contributed by atoms with Crippen molar-refractivity contribution in [2.75, 3.05) is 0 Å². The van der Waals surface area contributed by atoms with E-state index in [4.69, 9.17) is 0 Å². The predicted octanol–water partition coefficient (Wildman–Crippen LogP) is -0.276. The summed E-state index contributed by atoms with van der Waals surface area (Å²) >= 11 is 0. The van der Waals surface area contributed by atoms with Crippen LogP contribution in [0.1, 0.15) is 0 Å². The van der Waals surface area contributed by atoms with E-state index in [1.165, 1.54) is 25.0 Å². The minimum atomic E-state index is 0.403. The summed E-state index contributed by atoms with van der Waals surface area (Å²) in [4.78, 5) is 15.3. The van der Waals surface area contributed by atoms with E-state index in [1.54, 1.807) is 0 Å². The third-order valence-corrected chi connectivity index (χ3v) is 1.18. The fraction of sp³-hybridized carbons (Fsp3) is 0. The van der Waals surface area contributed by atoms with Crippen molar-refractivity contribution in [2.24, 2.45) is 0 Å². The van der Waals surface area contributed by atoms with E-state index in [0.29, 0.717) is 11.6 Å². The first-order valence-electron chi connectivity index (χ1n) is 3.23. The van der Waals surface area contributed by atoms with Crippen LogP contribution in [0.2, 0.25) is 0 Å². The molecule has 0 saturated carbocycles. The average Bonchev–Trinajstić information content (AvgIpc) is 2.21. The lowest BCUT2D eigenvalue weighted by Crippen LogP contribution is -1.95. The van der Waals surface area contributed by atoms with Crippen LogP contribution in [-0.4, -0.2) is 30.1 Å². The van der Waals surface area contributed by atoms with Gasteiger partial charge in [-0.2, -0.15) is 5.10 Å². The lowest BCUT2D eigenvalue weighted by Gasteiger charge is -1.92. The van der Waals surface area contributed by atoms with Crippen LogP contribution in [0.25, 0.3) is 11.6 Å². The standard InChI is InChI=1S/C6H4N6/c1-2-11-12-6(8-1)5-9-3-7-4-10-5/h1-4H. The van der Waals surface area contributed by atoms with Crippen molar-refractivity contribution in [1.82, 2.24) is 30.1 Å². The first-order chi connectivity index (χ1) is 5.97.